The lowest BCUT2D eigenvalue weighted by Gasteiger charge is -2.21. The smallest absolute Gasteiger partial charge is 0.254 e. The van der Waals surface area contributed by atoms with E-state index < -0.39 is 5.91 Å². The molecule has 0 bridgehead atoms. The molecule has 0 spiro atoms. The summed E-state index contributed by atoms with van der Waals surface area (Å²) in [5, 5.41) is 0. The third-order valence-corrected chi connectivity index (χ3v) is 8.89. The lowest BCUT2D eigenvalue weighted by molar-refractivity contribution is -0.697. The monoisotopic (exact) mass is 599 g/mol. The van der Waals surface area contributed by atoms with Crippen LogP contribution in [-0.2, 0) is 19.6 Å². The van der Waals surface area contributed by atoms with Crippen molar-refractivity contribution in [1.29, 1.82) is 0 Å². The minimum atomic E-state index is -0.405. The number of pyridine rings is 3. The van der Waals surface area contributed by atoms with Crippen LogP contribution in [0.4, 0.5) is 0 Å². The maximum atomic E-state index is 11.5. The first-order chi connectivity index (χ1) is 21.9. The fourth-order valence-electron chi connectivity index (χ4n) is 6.03. The standard InChI is InChI=1S/C40H46N4O/c1-4-6-21-42-23-17-37(18-24-42)38-19-25-43(26-20-38)28-32-9-13-35(14-10-32)31(3)27-34(5-2)36-15-11-33(12-16-36)29-44-22-7-8-39(30-44)40(41)45/h7-20,22-26,30-31,34H,4-6,21,27-29H2,1-3H3,(H-,41,45)/q+2/p+1. The summed E-state index contributed by atoms with van der Waals surface area (Å²) >= 11 is 0. The first-order valence-electron chi connectivity index (χ1n) is 16.4. The zero-order valence-electron chi connectivity index (χ0n) is 27.0. The largest absolute Gasteiger partial charge is 0.365 e. The van der Waals surface area contributed by atoms with Crippen molar-refractivity contribution in [3.05, 3.63) is 150 Å². The van der Waals surface area contributed by atoms with Crippen LogP contribution in [0.1, 0.15) is 90.9 Å². The van der Waals surface area contributed by atoms with E-state index in [9.17, 15) is 4.79 Å². The molecule has 0 saturated heterocycles. The molecular weight excluding hydrogens is 552 g/mol. The highest BCUT2D eigenvalue weighted by molar-refractivity contribution is 5.92. The van der Waals surface area contributed by atoms with Crippen molar-refractivity contribution in [1.82, 2.24) is 0 Å². The number of nitrogens with zero attached hydrogens (tertiary/aromatic N) is 3. The first kappa shape index (κ1) is 31.8. The average Bonchev–Trinajstić information content (AvgIpc) is 3.07. The highest BCUT2D eigenvalue weighted by Crippen LogP contribution is 2.32. The summed E-state index contributed by atoms with van der Waals surface area (Å²) in [6.45, 7) is 9.49. The number of primary amides is 1. The minimum Gasteiger partial charge on any atom is -0.365 e. The molecule has 2 aromatic carbocycles. The minimum absolute atomic E-state index is 0.405. The summed E-state index contributed by atoms with van der Waals surface area (Å²) in [5.41, 5.74) is 13.7. The summed E-state index contributed by atoms with van der Waals surface area (Å²) in [7, 11) is 0. The number of rotatable bonds is 14. The van der Waals surface area contributed by atoms with E-state index in [1.54, 1.807) is 12.3 Å². The van der Waals surface area contributed by atoms with Gasteiger partial charge in [-0.2, -0.15) is 4.57 Å². The van der Waals surface area contributed by atoms with Gasteiger partial charge in [0.25, 0.3) is 5.91 Å². The Morgan fingerprint density at radius 3 is 1.80 bits per heavy atom. The van der Waals surface area contributed by atoms with Crippen molar-refractivity contribution in [2.45, 2.75) is 77.9 Å². The van der Waals surface area contributed by atoms with Gasteiger partial charge in [-0.3, -0.25) is 4.79 Å². The molecule has 5 nitrogen and oxygen atoms in total. The van der Waals surface area contributed by atoms with Crippen molar-refractivity contribution in [2.24, 2.45) is 5.73 Å². The van der Waals surface area contributed by atoms with E-state index in [1.807, 2.05) is 16.8 Å². The van der Waals surface area contributed by atoms with E-state index in [0.29, 0.717) is 23.9 Å². The normalized spacial score (nSPS) is 12.5. The van der Waals surface area contributed by atoms with E-state index in [1.165, 1.54) is 46.2 Å². The second-order valence-electron chi connectivity index (χ2n) is 12.3. The number of nitrogens with two attached hydrogens (primary N) is 1. The van der Waals surface area contributed by atoms with E-state index in [2.05, 4.69) is 127 Å². The molecule has 5 rings (SSSR count). The molecule has 230 valence electrons. The number of unbranched alkanes of at least 4 members (excludes halogenated alkanes) is 1. The molecule has 0 saturated carbocycles. The highest BCUT2D eigenvalue weighted by atomic mass is 16.1. The predicted molar refractivity (Wildman–Crippen MR) is 179 cm³/mol. The number of hydrogen-bond donors (Lipinski definition) is 1. The van der Waals surface area contributed by atoms with Crippen LogP contribution in [0.15, 0.2) is 122 Å². The van der Waals surface area contributed by atoms with E-state index in [4.69, 9.17) is 5.73 Å². The summed E-state index contributed by atoms with van der Waals surface area (Å²) in [6.07, 6.45) is 17.1. The number of aromatic nitrogens is 3. The van der Waals surface area contributed by atoms with Gasteiger partial charge in [0.05, 0.1) is 0 Å². The zero-order chi connectivity index (χ0) is 31.6. The molecule has 2 unspecified atom stereocenters. The number of carbonyl (C=O) groups excluding carboxylic acids is 1. The topological polar surface area (TPSA) is 54.7 Å². The molecule has 45 heavy (non-hydrogen) atoms. The van der Waals surface area contributed by atoms with Gasteiger partial charge in [-0.1, -0.05) is 75.7 Å². The van der Waals surface area contributed by atoms with E-state index >= 15 is 0 Å². The number of carbonyl (C=O) groups is 1. The summed E-state index contributed by atoms with van der Waals surface area (Å²) in [4.78, 5) is 11.5. The van der Waals surface area contributed by atoms with Gasteiger partial charge in [-0.25, -0.2) is 9.13 Å². The van der Waals surface area contributed by atoms with Crippen LogP contribution in [0.5, 0.6) is 0 Å². The summed E-state index contributed by atoms with van der Waals surface area (Å²) < 4.78 is 6.51. The zero-order valence-corrected chi connectivity index (χ0v) is 27.0. The van der Waals surface area contributed by atoms with Gasteiger partial charge >= 0.3 is 0 Å². The van der Waals surface area contributed by atoms with Crippen molar-refractivity contribution >= 4 is 5.91 Å². The van der Waals surface area contributed by atoms with Crippen LogP contribution in [0.25, 0.3) is 11.1 Å². The third-order valence-electron chi connectivity index (χ3n) is 8.89. The maximum Gasteiger partial charge on any atom is 0.254 e. The Morgan fingerprint density at radius 2 is 1.24 bits per heavy atom. The van der Waals surface area contributed by atoms with Gasteiger partial charge in [0, 0.05) is 47.9 Å². The SMILES string of the molecule is CCCC[n+]1ccc(-c2cc[n+](Cc3ccc(C(C)CC(CC)c4ccc(C[n+]5cccc(C(N)=O)c5)cc4)cc3)cc2)cc1. The number of amides is 1. The molecule has 3 heterocycles. The molecule has 0 fully saturated rings. The molecule has 0 radical (unpaired) electrons. The Morgan fingerprint density at radius 1 is 0.689 bits per heavy atom. The van der Waals surface area contributed by atoms with Crippen LogP contribution < -0.4 is 19.4 Å². The average molecular weight is 600 g/mol. The molecule has 0 aliphatic rings. The van der Waals surface area contributed by atoms with Crippen LogP contribution in [-0.4, -0.2) is 5.91 Å². The van der Waals surface area contributed by atoms with Gasteiger partial charge in [-0.05, 0) is 53.0 Å². The van der Waals surface area contributed by atoms with Crippen molar-refractivity contribution in [2.75, 3.05) is 0 Å². The number of aryl methyl sites for hydroxylation is 1. The number of benzene rings is 2. The van der Waals surface area contributed by atoms with E-state index in [0.717, 1.165) is 25.9 Å². The molecule has 3 aromatic heterocycles. The van der Waals surface area contributed by atoms with Crippen molar-refractivity contribution < 1.29 is 18.5 Å². The lowest BCUT2D eigenvalue weighted by atomic mass is 9.84. The second-order valence-corrected chi connectivity index (χ2v) is 12.3. The molecule has 1 amide bonds. The van der Waals surface area contributed by atoms with Gasteiger partial charge in [0.15, 0.2) is 50.3 Å². The van der Waals surface area contributed by atoms with Gasteiger partial charge in [0.1, 0.15) is 12.1 Å². The van der Waals surface area contributed by atoms with Gasteiger partial charge in [-0.15, -0.1) is 0 Å². The van der Waals surface area contributed by atoms with Crippen LogP contribution >= 0.6 is 0 Å². The second kappa shape index (κ2) is 15.4. The van der Waals surface area contributed by atoms with E-state index in [-0.39, 0.29) is 0 Å². The van der Waals surface area contributed by atoms with Crippen molar-refractivity contribution in [3.8, 4) is 11.1 Å². The molecule has 2 atom stereocenters. The molecule has 5 heteroatoms. The Labute approximate surface area is 268 Å². The predicted octanol–water partition coefficient (Wildman–Crippen LogP) is 6.90. The Balaban J connectivity index is 1.15. The van der Waals surface area contributed by atoms with Crippen LogP contribution in [0, 0.1) is 0 Å². The lowest BCUT2D eigenvalue weighted by Crippen LogP contribution is -2.35. The molecule has 0 aliphatic heterocycles. The molecular formula is C40H47N4O+3. The van der Waals surface area contributed by atoms with Crippen LogP contribution in [0.2, 0.25) is 0 Å². The van der Waals surface area contributed by atoms with Crippen LogP contribution in [0.3, 0.4) is 0 Å². The highest BCUT2D eigenvalue weighted by Gasteiger charge is 2.17. The molecule has 0 aliphatic carbocycles. The first-order valence-corrected chi connectivity index (χ1v) is 16.4. The summed E-state index contributed by atoms with van der Waals surface area (Å²) in [6, 6.07) is 30.5. The fraction of sp³-hybridized carbons (Fsp3) is 0.300. The molecule has 2 N–H and O–H groups in total. The Kier molecular flexibility index (Phi) is 10.9. The summed E-state index contributed by atoms with van der Waals surface area (Å²) in [5.74, 6) is 0.561. The van der Waals surface area contributed by atoms with Gasteiger partial charge < -0.3 is 5.73 Å². The third kappa shape index (κ3) is 8.72. The van der Waals surface area contributed by atoms with Crippen molar-refractivity contribution in [3.63, 3.8) is 0 Å². The Hall–Kier alpha value is -4.64. The number of hydrogen-bond acceptors (Lipinski definition) is 1. The fourth-order valence-corrected chi connectivity index (χ4v) is 6.03. The molecule has 5 aromatic rings. The Bertz CT molecular complexity index is 1660. The maximum absolute atomic E-state index is 11.5. The van der Waals surface area contributed by atoms with Gasteiger partial charge in [0.2, 0.25) is 0 Å². The quantitative estimate of drug-likeness (QED) is 0.139.